The van der Waals surface area contributed by atoms with Crippen molar-refractivity contribution < 1.29 is 0 Å². The molecule has 0 bridgehead atoms. The Morgan fingerprint density at radius 3 is 1.38 bits per heavy atom. The van der Waals surface area contributed by atoms with E-state index in [1.54, 1.807) is 0 Å². The van der Waals surface area contributed by atoms with Gasteiger partial charge in [-0.25, -0.2) is 0 Å². The Morgan fingerprint density at radius 2 is 0.654 bits per heavy atom. The average molecular weight is 659 g/mol. The third-order valence-corrected chi connectivity index (χ3v) is 10.7. The van der Waals surface area contributed by atoms with Crippen LogP contribution in [0.15, 0.2) is 206 Å². The average Bonchev–Trinajstić information content (AvgIpc) is 3.22. The quantitative estimate of drug-likeness (QED) is 0.161. The van der Waals surface area contributed by atoms with Gasteiger partial charge in [-0.05, 0) is 111 Å². The molecule has 0 aliphatic carbocycles. The Bertz CT molecular complexity index is 2930. The highest BCUT2D eigenvalue weighted by Crippen LogP contribution is 2.47. The second-order valence-electron chi connectivity index (χ2n) is 13.6. The van der Waals surface area contributed by atoms with Gasteiger partial charge in [-0.1, -0.05) is 194 Å². The van der Waals surface area contributed by atoms with Crippen molar-refractivity contribution in [2.24, 2.45) is 0 Å². The highest BCUT2D eigenvalue weighted by Gasteiger charge is 2.19. The maximum Gasteiger partial charge on any atom is -0.00199 e. The molecule has 0 atom stereocenters. The molecule has 0 aliphatic rings. The van der Waals surface area contributed by atoms with E-state index in [9.17, 15) is 0 Å². The molecule has 0 unspecified atom stereocenters. The van der Waals surface area contributed by atoms with Crippen LogP contribution in [0.3, 0.4) is 0 Å². The van der Waals surface area contributed by atoms with Crippen LogP contribution in [0.2, 0.25) is 0 Å². The summed E-state index contributed by atoms with van der Waals surface area (Å²) in [6, 6.07) is 75.5. The summed E-state index contributed by atoms with van der Waals surface area (Å²) in [5, 5.41) is 10.1. The number of hydrogen-bond acceptors (Lipinski definition) is 0. The van der Waals surface area contributed by atoms with Crippen molar-refractivity contribution in [1.82, 2.24) is 0 Å². The molecule has 0 amide bonds. The second-order valence-corrected chi connectivity index (χ2v) is 13.6. The molecular formula is C52H34. The van der Waals surface area contributed by atoms with Crippen molar-refractivity contribution in [3.05, 3.63) is 206 Å². The third kappa shape index (κ3) is 5.00. The van der Waals surface area contributed by atoms with Crippen LogP contribution >= 0.6 is 0 Å². The van der Waals surface area contributed by atoms with Crippen molar-refractivity contribution in [2.75, 3.05) is 0 Å². The first-order valence-electron chi connectivity index (χ1n) is 18.0. The number of hydrogen-bond donors (Lipinski definition) is 0. The van der Waals surface area contributed by atoms with Gasteiger partial charge in [0.05, 0.1) is 0 Å². The zero-order valence-corrected chi connectivity index (χ0v) is 28.6. The SMILES string of the molecule is c1ccc(-c2cccc(-c3cccc4c(-c5ccc6c(-c7ccccc7)c7ccccc7c(-c7cccc8ccccc78)c6c5)cccc34)c2)cc1. The van der Waals surface area contributed by atoms with Crippen LogP contribution in [-0.4, -0.2) is 0 Å². The molecule has 242 valence electrons. The van der Waals surface area contributed by atoms with Crippen LogP contribution in [0.5, 0.6) is 0 Å². The van der Waals surface area contributed by atoms with Crippen molar-refractivity contribution in [3.8, 4) is 55.6 Å². The van der Waals surface area contributed by atoms with Gasteiger partial charge >= 0.3 is 0 Å². The number of benzene rings is 10. The van der Waals surface area contributed by atoms with E-state index < -0.39 is 0 Å². The molecular weight excluding hydrogens is 625 g/mol. The predicted octanol–water partition coefficient (Wildman–Crippen LogP) is 14.6. The fourth-order valence-electron chi connectivity index (χ4n) is 8.31. The highest BCUT2D eigenvalue weighted by molar-refractivity contribution is 6.24. The van der Waals surface area contributed by atoms with Crippen LogP contribution < -0.4 is 0 Å². The largest absolute Gasteiger partial charge is 0.0622 e. The van der Waals surface area contributed by atoms with Gasteiger partial charge in [0, 0.05) is 0 Å². The third-order valence-electron chi connectivity index (χ3n) is 10.7. The smallest absolute Gasteiger partial charge is 0.00199 e. The van der Waals surface area contributed by atoms with E-state index in [4.69, 9.17) is 0 Å². The van der Waals surface area contributed by atoms with Crippen LogP contribution in [0.1, 0.15) is 0 Å². The summed E-state index contributed by atoms with van der Waals surface area (Å²) in [4.78, 5) is 0. The maximum atomic E-state index is 2.45. The van der Waals surface area contributed by atoms with Crippen molar-refractivity contribution in [2.45, 2.75) is 0 Å². The monoisotopic (exact) mass is 658 g/mol. The molecule has 52 heavy (non-hydrogen) atoms. The number of rotatable bonds is 5. The molecule has 10 aromatic rings. The molecule has 0 spiro atoms. The van der Waals surface area contributed by atoms with E-state index in [2.05, 4.69) is 206 Å². The van der Waals surface area contributed by atoms with Crippen LogP contribution in [0.4, 0.5) is 0 Å². The summed E-state index contributed by atoms with van der Waals surface area (Å²) in [6.07, 6.45) is 0. The van der Waals surface area contributed by atoms with Gasteiger partial charge < -0.3 is 0 Å². The Labute approximate surface area is 303 Å². The lowest BCUT2D eigenvalue weighted by atomic mass is 9.83. The molecule has 0 fully saturated rings. The molecule has 10 aromatic carbocycles. The summed E-state index contributed by atoms with van der Waals surface area (Å²) in [6.45, 7) is 0. The number of fused-ring (bicyclic) bond motifs is 4. The van der Waals surface area contributed by atoms with E-state index in [-0.39, 0.29) is 0 Å². The van der Waals surface area contributed by atoms with E-state index in [1.807, 2.05) is 0 Å². The van der Waals surface area contributed by atoms with Gasteiger partial charge in [-0.3, -0.25) is 0 Å². The fraction of sp³-hybridized carbons (Fsp3) is 0. The Balaban J connectivity index is 1.24. The fourth-order valence-corrected chi connectivity index (χ4v) is 8.31. The van der Waals surface area contributed by atoms with Gasteiger partial charge in [-0.15, -0.1) is 0 Å². The van der Waals surface area contributed by atoms with Crippen molar-refractivity contribution in [3.63, 3.8) is 0 Å². The van der Waals surface area contributed by atoms with Gasteiger partial charge in [0.25, 0.3) is 0 Å². The molecule has 0 aromatic heterocycles. The van der Waals surface area contributed by atoms with Gasteiger partial charge in [0.1, 0.15) is 0 Å². The van der Waals surface area contributed by atoms with E-state index in [0.29, 0.717) is 0 Å². The lowest BCUT2D eigenvalue weighted by Gasteiger charge is -2.20. The first-order chi connectivity index (χ1) is 25.8. The van der Waals surface area contributed by atoms with E-state index >= 15 is 0 Å². The zero-order chi connectivity index (χ0) is 34.4. The zero-order valence-electron chi connectivity index (χ0n) is 28.6. The molecule has 0 saturated heterocycles. The summed E-state index contributed by atoms with van der Waals surface area (Å²) >= 11 is 0. The van der Waals surface area contributed by atoms with Gasteiger partial charge in [-0.2, -0.15) is 0 Å². The van der Waals surface area contributed by atoms with E-state index in [1.165, 1.54) is 98.7 Å². The Kier molecular flexibility index (Phi) is 7.25. The van der Waals surface area contributed by atoms with Crippen LogP contribution in [-0.2, 0) is 0 Å². The van der Waals surface area contributed by atoms with Crippen molar-refractivity contribution >= 4 is 43.1 Å². The second kappa shape index (κ2) is 12.5. The maximum absolute atomic E-state index is 2.45. The topological polar surface area (TPSA) is 0 Å². The minimum atomic E-state index is 1.21. The molecule has 0 aliphatic heterocycles. The first-order valence-corrected chi connectivity index (χ1v) is 18.0. The molecule has 10 rings (SSSR count). The standard InChI is InChI=1S/C52H34/c1-3-15-35(16-4-1)38-21-11-22-39(33-38)42-26-13-29-45-43(27-14-28-44(42)45)40-31-32-49-50(34-40)52(46-30-12-20-36-17-7-8-23-41(36)46)48-25-10-9-24-47(48)51(49)37-18-5-2-6-19-37/h1-34H. The Morgan fingerprint density at radius 1 is 0.192 bits per heavy atom. The molecule has 0 saturated carbocycles. The molecule has 0 nitrogen and oxygen atoms in total. The lowest BCUT2D eigenvalue weighted by molar-refractivity contribution is 1.60. The Hall–Kier alpha value is -6.76. The van der Waals surface area contributed by atoms with Crippen molar-refractivity contribution in [1.29, 1.82) is 0 Å². The lowest BCUT2D eigenvalue weighted by Crippen LogP contribution is -1.93. The normalized spacial score (nSPS) is 11.5. The molecule has 0 heteroatoms. The minimum Gasteiger partial charge on any atom is -0.0622 e. The van der Waals surface area contributed by atoms with Gasteiger partial charge in [0.15, 0.2) is 0 Å². The first kappa shape index (κ1) is 30.1. The molecule has 0 heterocycles. The highest BCUT2D eigenvalue weighted by atomic mass is 14.2. The summed E-state index contributed by atoms with van der Waals surface area (Å²) in [5.74, 6) is 0. The summed E-state index contributed by atoms with van der Waals surface area (Å²) in [5.41, 5.74) is 12.4. The van der Waals surface area contributed by atoms with Crippen LogP contribution in [0.25, 0.3) is 98.7 Å². The van der Waals surface area contributed by atoms with Crippen LogP contribution in [0, 0.1) is 0 Å². The minimum absolute atomic E-state index is 1.21. The van der Waals surface area contributed by atoms with E-state index in [0.717, 1.165) is 0 Å². The molecule has 0 N–H and O–H groups in total. The molecule has 0 radical (unpaired) electrons. The summed E-state index contributed by atoms with van der Waals surface area (Å²) in [7, 11) is 0. The predicted molar refractivity (Wildman–Crippen MR) is 224 cm³/mol. The van der Waals surface area contributed by atoms with Gasteiger partial charge in [0.2, 0.25) is 0 Å². The summed E-state index contributed by atoms with van der Waals surface area (Å²) < 4.78 is 0.